The molecule has 1 saturated heterocycles. The second-order valence-electron chi connectivity index (χ2n) is 10.9. The van der Waals surface area contributed by atoms with E-state index in [1.807, 2.05) is 26.0 Å². The van der Waals surface area contributed by atoms with Gasteiger partial charge < -0.3 is 38.1 Å². The highest BCUT2D eigenvalue weighted by atomic mass is 35.5. The van der Waals surface area contributed by atoms with Crippen LogP contribution in [0.5, 0.6) is 11.5 Å². The van der Waals surface area contributed by atoms with Crippen molar-refractivity contribution in [2.24, 2.45) is 4.99 Å². The molecule has 1 fully saturated rings. The van der Waals surface area contributed by atoms with E-state index in [9.17, 15) is 4.57 Å². The van der Waals surface area contributed by atoms with Gasteiger partial charge >= 0.3 is 7.60 Å². The molecule has 0 bridgehead atoms. The predicted octanol–water partition coefficient (Wildman–Crippen LogP) is 5.12. The monoisotopic (exact) mass is 623 g/mol. The van der Waals surface area contributed by atoms with Crippen LogP contribution in [-0.4, -0.2) is 118 Å². The van der Waals surface area contributed by atoms with Gasteiger partial charge in [-0.3, -0.25) is 9.56 Å². The van der Waals surface area contributed by atoms with Crippen LogP contribution < -0.4 is 9.47 Å². The molecule has 234 valence electrons. The van der Waals surface area contributed by atoms with E-state index in [1.165, 1.54) is 0 Å². The quantitative estimate of drug-likeness (QED) is 0.195. The summed E-state index contributed by atoms with van der Waals surface area (Å²) in [4.78, 5) is 14.2. The van der Waals surface area contributed by atoms with Crippen molar-refractivity contribution in [2.45, 2.75) is 32.7 Å². The van der Waals surface area contributed by atoms with Crippen molar-refractivity contribution < 1.29 is 23.1 Å². The van der Waals surface area contributed by atoms with Gasteiger partial charge in [0.25, 0.3) is 0 Å². The van der Waals surface area contributed by atoms with Gasteiger partial charge in [0.2, 0.25) is 0 Å². The van der Waals surface area contributed by atoms with Gasteiger partial charge in [0.05, 0.1) is 50.7 Å². The first-order chi connectivity index (χ1) is 20.2. The van der Waals surface area contributed by atoms with E-state index >= 15 is 0 Å². The molecule has 3 aliphatic rings. The highest BCUT2D eigenvalue weighted by Crippen LogP contribution is 2.47. The first kappa shape index (κ1) is 32.8. The fourth-order valence-electron chi connectivity index (χ4n) is 5.45. The van der Waals surface area contributed by atoms with Crippen molar-refractivity contribution in [3.05, 3.63) is 46.8 Å². The number of methoxy groups -OCH3 is 1. The van der Waals surface area contributed by atoms with E-state index < -0.39 is 7.60 Å². The van der Waals surface area contributed by atoms with Crippen LogP contribution in [0.15, 0.2) is 41.2 Å². The summed E-state index contributed by atoms with van der Waals surface area (Å²) in [7, 11) is 2.70. The number of hydrogen-bond donors (Lipinski definition) is 0. The maximum atomic E-state index is 12.9. The molecule has 0 saturated carbocycles. The molecule has 1 aromatic carbocycles. The number of halogens is 1. The number of fused-ring (bicyclic) bond motifs is 1. The summed E-state index contributed by atoms with van der Waals surface area (Å²) in [5, 5.41) is 0.554. The Balaban J connectivity index is 1.42. The van der Waals surface area contributed by atoms with Crippen molar-refractivity contribution >= 4 is 25.0 Å². The lowest BCUT2D eigenvalue weighted by atomic mass is 10.1. The zero-order chi connectivity index (χ0) is 30.1. The van der Waals surface area contributed by atoms with Crippen molar-refractivity contribution in [1.82, 2.24) is 19.6 Å². The molecule has 4 rings (SSSR count). The first-order valence-corrected chi connectivity index (χ1v) is 17.1. The van der Waals surface area contributed by atoms with Gasteiger partial charge in [-0.15, -0.1) is 0 Å². The zero-order valence-electron chi connectivity index (χ0n) is 25.8. The van der Waals surface area contributed by atoms with Crippen LogP contribution in [0.3, 0.4) is 0 Å². The summed E-state index contributed by atoms with van der Waals surface area (Å²) in [5.74, 6) is 2.31. The Morgan fingerprint density at radius 2 is 1.88 bits per heavy atom. The van der Waals surface area contributed by atoms with Crippen LogP contribution >= 0.6 is 19.2 Å². The Bertz CT molecular complexity index is 1180. The molecule has 1 unspecified atom stereocenters. The molecule has 1 atom stereocenters. The highest BCUT2D eigenvalue weighted by molar-refractivity contribution is 7.53. The second-order valence-corrected chi connectivity index (χ2v) is 13.5. The predicted molar refractivity (Wildman–Crippen MR) is 169 cm³/mol. The van der Waals surface area contributed by atoms with E-state index in [-0.39, 0.29) is 6.04 Å². The SMILES string of the molecule is CCOP(=O)(CCN1CCCN(C2=CC3=NC(c4cc(Cl)c(OC)cc4OCCCN(C)C)CN3C=C2)CC1)OCC. The Kier molecular flexibility index (Phi) is 12.2. The molecule has 0 N–H and O–H groups in total. The summed E-state index contributed by atoms with van der Waals surface area (Å²) in [6, 6.07) is 3.72. The standard InChI is InChI=1S/C30H47ClN5O5P/c1-6-40-42(37,41-7-2)19-17-34-12-8-13-35(16-15-34)24-10-14-36-23-27(32-30(36)20-24)25-21-26(31)29(38-5)22-28(25)39-18-9-11-33(3)4/h10,14,20-22,27H,6-9,11-13,15-19,23H2,1-5H3. The minimum Gasteiger partial charge on any atom is -0.495 e. The third-order valence-electron chi connectivity index (χ3n) is 7.60. The van der Waals surface area contributed by atoms with Crippen molar-refractivity contribution in [3.8, 4) is 11.5 Å². The van der Waals surface area contributed by atoms with E-state index in [4.69, 9.17) is 35.1 Å². The number of amidine groups is 1. The minimum atomic E-state index is -3.03. The summed E-state index contributed by atoms with van der Waals surface area (Å²) >= 11 is 6.55. The topological polar surface area (TPSA) is 79.3 Å². The smallest absolute Gasteiger partial charge is 0.331 e. The van der Waals surface area contributed by atoms with E-state index in [0.29, 0.717) is 43.3 Å². The van der Waals surface area contributed by atoms with Crippen LogP contribution in [0.25, 0.3) is 0 Å². The molecule has 12 heteroatoms. The molecule has 3 heterocycles. The Labute approximate surface area is 256 Å². The maximum absolute atomic E-state index is 12.9. The van der Waals surface area contributed by atoms with Crippen LogP contribution in [0, 0.1) is 0 Å². The lowest BCUT2D eigenvalue weighted by Gasteiger charge is -2.28. The molecular weight excluding hydrogens is 577 g/mol. The number of nitrogens with zero attached hydrogens (tertiary/aromatic N) is 5. The molecule has 10 nitrogen and oxygen atoms in total. The molecule has 1 aromatic rings. The largest absolute Gasteiger partial charge is 0.495 e. The van der Waals surface area contributed by atoms with Crippen molar-refractivity contribution in [1.29, 1.82) is 0 Å². The van der Waals surface area contributed by atoms with Gasteiger partial charge in [0, 0.05) is 62.3 Å². The summed E-state index contributed by atoms with van der Waals surface area (Å²) in [6.45, 7) is 11.2. The van der Waals surface area contributed by atoms with Gasteiger partial charge in [-0.1, -0.05) is 11.6 Å². The molecule has 0 radical (unpaired) electrons. The maximum Gasteiger partial charge on any atom is 0.331 e. The average molecular weight is 624 g/mol. The van der Waals surface area contributed by atoms with Crippen LogP contribution in [-0.2, 0) is 13.6 Å². The van der Waals surface area contributed by atoms with E-state index in [2.05, 4.69) is 52.0 Å². The molecule has 0 amide bonds. The van der Waals surface area contributed by atoms with Crippen molar-refractivity contribution in [3.63, 3.8) is 0 Å². The summed E-state index contributed by atoms with van der Waals surface area (Å²) in [6.07, 6.45) is 8.84. The summed E-state index contributed by atoms with van der Waals surface area (Å²) < 4.78 is 35.6. The molecular formula is C30H47ClN5O5P. The molecule has 0 aliphatic carbocycles. The minimum absolute atomic E-state index is 0.0986. The third-order valence-corrected chi connectivity index (χ3v) is 9.95. The van der Waals surface area contributed by atoms with Gasteiger partial charge in [-0.2, -0.15) is 0 Å². The van der Waals surface area contributed by atoms with Crippen LogP contribution in [0.4, 0.5) is 0 Å². The first-order valence-electron chi connectivity index (χ1n) is 15.0. The normalized spacial score (nSPS) is 19.5. The van der Waals surface area contributed by atoms with Gasteiger partial charge in [0.1, 0.15) is 17.3 Å². The Morgan fingerprint density at radius 3 is 2.60 bits per heavy atom. The molecule has 0 aromatic heterocycles. The Morgan fingerprint density at radius 1 is 1.10 bits per heavy atom. The fourth-order valence-corrected chi connectivity index (χ4v) is 7.35. The number of hydrogen-bond acceptors (Lipinski definition) is 10. The summed E-state index contributed by atoms with van der Waals surface area (Å²) in [5.41, 5.74) is 2.13. The van der Waals surface area contributed by atoms with E-state index in [1.54, 1.807) is 7.11 Å². The lowest BCUT2D eigenvalue weighted by Crippen LogP contribution is -2.33. The number of benzene rings is 1. The van der Waals surface area contributed by atoms with Crippen molar-refractivity contribution in [2.75, 3.05) is 93.0 Å². The van der Waals surface area contributed by atoms with Gasteiger partial charge in [-0.25, -0.2) is 0 Å². The fraction of sp³-hybridized carbons (Fsp3) is 0.633. The van der Waals surface area contributed by atoms with Crippen LogP contribution in [0.1, 0.15) is 38.3 Å². The highest BCUT2D eigenvalue weighted by Gasteiger charge is 2.30. The number of rotatable bonds is 15. The van der Waals surface area contributed by atoms with E-state index in [0.717, 1.165) is 75.0 Å². The number of ether oxygens (including phenoxy) is 2. The third kappa shape index (κ3) is 8.74. The number of aliphatic imine (C=N–C) groups is 1. The van der Waals surface area contributed by atoms with Gasteiger partial charge in [0.15, 0.2) is 0 Å². The second kappa shape index (κ2) is 15.6. The zero-order valence-corrected chi connectivity index (χ0v) is 27.4. The number of allylic oxidation sites excluding steroid dienone is 1. The van der Waals surface area contributed by atoms with Crippen LogP contribution in [0.2, 0.25) is 5.02 Å². The molecule has 0 spiro atoms. The molecule has 42 heavy (non-hydrogen) atoms. The average Bonchev–Trinajstić information content (AvgIpc) is 3.24. The van der Waals surface area contributed by atoms with Gasteiger partial charge in [-0.05, 0) is 59.5 Å². The lowest BCUT2D eigenvalue weighted by molar-refractivity contribution is 0.212. The molecule has 3 aliphatic heterocycles. The Hall–Kier alpha value is -2.07.